The zero-order valence-electron chi connectivity index (χ0n) is 18.5. The van der Waals surface area contributed by atoms with Crippen molar-refractivity contribution in [2.45, 2.75) is 30.5 Å². The highest BCUT2D eigenvalue weighted by atomic mass is 32.2. The zero-order chi connectivity index (χ0) is 23.5. The Kier molecular flexibility index (Phi) is 6.27. The van der Waals surface area contributed by atoms with Crippen LogP contribution in [0.15, 0.2) is 76.5 Å². The third-order valence-electron chi connectivity index (χ3n) is 6.01. The van der Waals surface area contributed by atoms with E-state index in [1.165, 1.54) is 17.3 Å². The summed E-state index contributed by atoms with van der Waals surface area (Å²) in [7, 11) is 0. The molecule has 0 spiro atoms. The fraction of sp³-hybridized carbons (Fsp3) is 0.240. The summed E-state index contributed by atoms with van der Waals surface area (Å²) in [6.45, 7) is 0. The number of aromatic nitrogens is 3. The van der Waals surface area contributed by atoms with E-state index in [0.29, 0.717) is 5.16 Å². The van der Waals surface area contributed by atoms with Crippen molar-refractivity contribution in [2.24, 2.45) is 11.0 Å². The van der Waals surface area contributed by atoms with Crippen LogP contribution in [0.1, 0.15) is 36.4 Å². The minimum Gasteiger partial charge on any atom is -0.368 e. The number of anilines is 2. The lowest BCUT2D eigenvalue weighted by Crippen LogP contribution is -2.32. The summed E-state index contributed by atoms with van der Waals surface area (Å²) >= 11 is 1.18. The Hall–Kier alpha value is -3.72. The second kappa shape index (κ2) is 9.64. The van der Waals surface area contributed by atoms with E-state index in [2.05, 4.69) is 45.3 Å². The van der Waals surface area contributed by atoms with Crippen molar-refractivity contribution in [1.29, 1.82) is 0 Å². The van der Waals surface area contributed by atoms with Gasteiger partial charge in [-0.15, -0.1) is 0 Å². The number of rotatable bonds is 5. The summed E-state index contributed by atoms with van der Waals surface area (Å²) in [5.41, 5.74) is 15.8. The molecule has 1 fully saturated rings. The highest BCUT2D eigenvalue weighted by molar-refractivity contribution is 7.99. The number of amides is 1. The van der Waals surface area contributed by atoms with Crippen molar-refractivity contribution in [3.63, 3.8) is 0 Å². The van der Waals surface area contributed by atoms with E-state index >= 15 is 0 Å². The van der Waals surface area contributed by atoms with E-state index in [1.54, 1.807) is 5.01 Å². The van der Waals surface area contributed by atoms with Crippen molar-refractivity contribution in [3.8, 4) is 0 Å². The van der Waals surface area contributed by atoms with Gasteiger partial charge in [-0.05, 0) is 42.0 Å². The van der Waals surface area contributed by atoms with Crippen LogP contribution in [0.3, 0.4) is 0 Å². The molecule has 1 aliphatic heterocycles. The van der Waals surface area contributed by atoms with E-state index in [-0.39, 0.29) is 35.5 Å². The molecule has 9 heteroatoms. The lowest BCUT2D eigenvalue weighted by atomic mass is 9.77. The van der Waals surface area contributed by atoms with Crippen LogP contribution in [-0.4, -0.2) is 37.3 Å². The molecule has 0 saturated heterocycles. The Balaban J connectivity index is 1.45. The molecule has 5 rings (SSSR count). The molecule has 8 nitrogen and oxygen atoms in total. The van der Waals surface area contributed by atoms with Gasteiger partial charge >= 0.3 is 0 Å². The molecule has 2 heterocycles. The van der Waals surface area contributed by atoms with Gasteiger partial charge in [0.2, 0.25) is 11.9 Å². The number of hydrogen-bond acceptors (Lipinski definition) is 8. The topological polar surface area (TPSA) is 123 Å². The molecule has 1 saturated carbocycles. The number of nitrogen functional groups attached to an aromatic ring is 2. The van der Waals surface area contributed by atoms with Crippen molar-refractivity contribution < 1.29 is 4.79 Å². The van der Waals surface area contributed by atoms with Gasteiger partial charge in [0.25, 0.3) is 5.91 Å². The number of nitrogens with two attached hydrogens (primary N) is 2. The van der Waals surface area contributed by atoms with Crippen LogP contribution in [0, 0.1) is 5.92 Å². The highest BCUT2D eigenvalue weighted by Gasteiger charge is 2.43. The average molecular weight is 472 g/mol. The second-order valence-electron chi connectivity index (χ2n) is 8.28. The number of hydrazone groups is 1. The molecule has 1 aliphatic carbocycles. The van der Waals surface area contributed by atoms with Crippen molar-refractivity contribution >= 4 is 41.4 Å². The van der Waals surface area contributed by atoms with Crippen LogP contribution >= 0.6 is 11.8 Å². The molecule has 1 aromatic heterocycles. The van der Waals surface area contributed by atoms with Crippen LogP contribution < -0.4 is 11.5 Å². The van der Waals surface area contributed by atoms with Gasteiger partial charge < -0.3 is 11.5 Å². The van der Waals surface area contributed by atoms with Gasteiger partial charge in [0.1, 0.15) is 0 Å². The minimum absolute atomic E-state index is 0.0349. The first kappa shape index (κ1) is 22.1. The number of carbonyl (C=O) groups is 1. The first-order valence-corrected chi connectivity index (χ1v) is 12.2. The Morgan fingerprint density at radius 2 is 1.68 bits per heavy atom. The molecule has 0 radical (unpaired) electrons. The molecular weight excluding hydrogens is 446 g/mol. The van der Waals surface area contributed by atoms with E-state index < -0.39 is 0 Å². The fourth-order valence-corrected chi connectivity index (χ4v) is 5.29. The van der Waals surface area contributed by atoms with Crippen molar-refractivity contribution in [2.75, 3.05) is 17.2 Å². The van der Waals surface area contributed by atoms with Crippen LogP contribution in [-0.2, 0) is 4.79 Å². The highest BCUT2D eigenvalue weighted by Crippen LogP contribution is 2.44. The van der Waals surface area contributed by atoms with Gasteiger partial charge in [-0.1, -0.05) is 72.4 Å². The molecule has 3 aromatic rings. The molecule has 172 valence electrons. The number of carbonyl (C=O) groups excluding carboxylic acids is 1. The first-order valence-electron chi connectivity index (χ1n) is 11.2. The molecule has 2 aromatic carbocycles. The van der Waals surface area contributed by atoms with Gasteiger partial charge in [-0.3, -0.25) is 4.79 Å². The van der Waals surface area contributed by atoms with Crippen LogP contribution in [0.5, 0.6) is 0 Å². The normalized spacial score (nSPS) is 20.8. The summed E-state index contributed by atoms with van der Waals surface area (Å²) < 4.78 is 0. The molecule has 2 unspecified atom stereocenters. The van der Waals surface area contributed by atoms with Crippen LogP contribution in [0.25, 0.3) is 6.08 Å². The quantitative estimate of drug-likeness (QED) is 0.540. The summed E-state index contributed by atoms with van der Waals surface area (Å²) in [6.07, 6.45) is 5.20. The third kappa shape index (κ3) is 4.65. The maximum absolute atomic E-state index is 13.4. The largest absolute Gasteiger partial charge is 0.368 e. The van der Waals surface area contributed by atoms with Gasteiger partial charge in [0.05, 0.1) is 17.5 Å². The summed E-state index contributed by atoms with van der Waals surface area (Å²) in [4.78, 5) is 25.3. The number of hydrogen-bond donors (Lipinski definition) is 2. The monoisotopic (exact) mass is 471 g/mol. The smallest absolute Gasteiger partial charge is 0.253 e. The third-order valence-corrected chi connectivity index (χ3v) is 6.84. The average Bonchev–Trinajstić information content (AvgIpc) is 3.24. The van der Waals surface area contributed by atoms with E-state index in [0.717, 1.165) is 36.1 Å². The van der Waals surface area contributed by atoms with E-state index in [4.69, 9.17) is 16.6 Å². The SMILES string of the molecule is Nc1nc(N)nc(SCC(=O)N2N=C3/C(=C/c4ccccc4)CCCC3C2c2ccccc2)n1. The Labute approximate surface area is 202 Å². The van der Waals surface area contributed by atoms with E-state index in [1.807, 2.05) is 36.4 Å². The predicted octanol–water partition coefficient (Wildman–Crippen LogP) is 3.95. The lowest BCUT2D eigenvalue weighted by molar-refractivity contribution is -0.130. The van der Waals surface area contributed by atoms with Crippen LogP contribution in [0.4, 0.5) is 11.9 Å². The lowest BCUT2D eigenvalue weighted by Gasteiger charge is -2.29. The Bertz CT molecular complexity index is 1230. The molecule has 2 aliphatic rings. The number of thioether (sulfide) groups is 1. The molecule has 1 amide bonds. The summed E-state index contributed by atoms with van der Waals surface area (Å²) in [5.74, 6) is 0.231. The summed E-state index contributed by atoms with van der Waals surface area (Å²) in [6, 6.07) is 20.2. The molecule has 4 N–H and O–H groups in total. The maximum Gasteiger partial charge on any atom is 0.253 e. The fourth-order valence-electron chi connectivity index (χ4n) is 4.59. The van der Waals surface area contributed by atoms with Crippen molar-refractivity contribution in [1.82, 2.24) is 20.0 Å². The number of nitrogens with zero attached hydrogens (tertiary/aromatic N) is 5. The Morgan fingerprint density at radius 1 is 1.00 bits per heavy atom. The predicted molar refractivity (Wildman–Crippen MR) is 135 cm³/mol. The zero-order valence-corrected chi connectivity index (χ0v) is 19.4. The molecule has 34 heavy (non-hydrogen) atoms. The maximum atomic E-state index is 13.4. The molecule has 2 atom stereocenters. The van der Waals surface area contributed by atoms with Crippen molar-refractivity contribution in [3.05, 3.63) is 77.4 Å². The minimum atomic E-state index is -0.141. The molecule has 0 bridgehead atoms. The van der Waals surface area contributed by atoms with Gasteiger partial charge in [0.15, 0.2) is 5.16 Å². The standard InChI is InChI=1S/C25H25N7OS/c26-23-28-24(27)30-25(29-23)34-15-20(33)32-22(17-10-5-2-6-11-17)19-13-7-12-18(21(19)31-32)14-16-8-3-1-4-9-16/h1-6,8-11,14,19,22H,7,12-13,15H2,(H4,26,27,28,29,30)/b18-14+. The van der Waals surface area contributed by atoms with E-state index in [9.17, 15) is 4.79 Å². The first-order chi connectivity index (χ1) is 16.6. The number of allylic oxidation sites excluding steroid dienone is 1. The Morgan fingerprint density at radius 3 is 2.38 bits per heavy atom. The van der Waals surface area contributed by atoms with Gasteiger partial charge in [-0.2, -0.15) is 20.1 Å². The summed E-state index contributed by atoms with van der Waals surface area (Å²) in [5, 5.41) is 6.88. The second-order valence-corrected chi connectivity index (χ2v) is 9.22. The van der Waals surface area contributed by atoms with Gasteiger partial charge in [-0.25, -0.2) is 5.01 Å². The number of fused-ring (bicyclic) bond motifs is 1. The van der Waals surface area contributed by atoms with Gasteiger partial charge in [0, 0.05) is 5.92 Å². The van der Waals surface area contributed by atoms with Crippen LogP contribution in [0.2, 0.25) is 0 Å². The molecular formula is C25H25N7OS. The number of benzene rings is 2.